The summed E-state index contributed by atoms with van der Waals surface area (Å²) in [4.78, 5) is 0. The number of benzene rings is 2. The summed E-state index contributed by atoms with van der Waals surface area (Å²) in [6, 6.07) is 14.2. The number of ether oxygens (including phenoxy) is 1. The second-order valence-corrected chi connectivity index (χ2v) is 4.99. The second kappa shape index (κ2) is 10.6. The van der Waals surface area contributed by atoms with Crippen molar-refractivity contribution in [1.29, 1.82) is 0 Å². The van der Waals surface area contributed by atoms with Gasteiger partial charge in [-0.3, -0.25) is 0 Å². The number of aliphatic hydroxyl groups is 1. The van der Waals surface area contributed by atoms with Crippen LogP contribution in [0.5, 0.6) is 5.75 Å². The summed E-state index contributed by atoms with van der Waals surface area (Å²) in [5, 5.41) is 15.2. The first-order chi connectivity index (χ1) is 9.70. The molecule has 0 aliphatic rings. The lowest BCUT2D eigenvalue weighted by molar-refractivity contribution is 0.105. The molecule has 0 aliphatic carbocycles. The third-order valence-corrected chi connectivity index (χ3v) is 3.24. The predicted molar refractivity (Wildman–Crippen MR) is 96.5 cm³/mol. The molecule has 0 amide bonds. The minimum atomic E-state index is -0.553. The Bertz CT molecular complexity index is 549. The van der Waals surface area contributed by atoms with Crippen LogP contribution in [-0.4, -0.2) is 36.9 Å². The minimum Gasteiger partial charge on any atom is -0.490 e. The van der Waals surface area contributed by atoms with Gasteiger partial charge in [-0.15, -0.1) is 24.8 Å². The normalized spacial score (nSPS) is 12.9. The number of aliphatic hydroxyl groups excluding tert-OH is 1. The van der Waals surface area contributed by atoms with E-state index in [1.165, 1.54) is 0 Å². The van der Waals surface area contributed by atoms with Crippen molar-refractivity contribution in [3.05, 3.63) is 42.5 Å². The fraction of sp³-hybridized carbons (Fsp3) is 0.375. The van der Waals surface area contributed by atoms with Gasteiger partial charge in [0.15, 0.2) is 0 Å². The SMILES string of the molecule is C[C@H](CN)NC[C@@H](O)COc1cccc2ccccc12.Cl.Cl. The number of halogens is 2. The highest BCUT2D eigenvalue weighted by Gasteiger charge is 2.08. The molecule has 0 fully saturated rings. The molecule has 4 nitrogen and oxygen atoms in total. The van der Waals surface area contributed by atoms with Crippen LogP contribution < -0.4 is 15.8 Å². The largest absolute Gasteiger partial charge is 0.490 e. The van der Waals surface area contributed by atoms with Crippen molar-refractivity contribution < 1.29 is 9.84 Å². The van der Waals surface area contributed by atoms with Crippen LogP contribution in [0.1, 0.15) is 6.92 Å². The second-order valence-electron chi connectivity index (χ2n) is 4.99. The molecule has 0 saturated carbocycles. The maximum Gasteiger partial charge on any atom is 0.127 e. The number of rotatable bonds is 7. The fourth-order valence-electron chi connectivity index (χ4n) is 1.99. The van der Waals surface area contributed by atoms with Crippen LogP contribution in [0.4, 0.5) is 0 Å². The van der Waals surface area contributed by atoms with Gasteiger partial charge in [-0.25, -0.2) is 0 Å². The molecule has 4 N–H and O–H groups in total. The highest BCUT2D eigenvalue weighted by Crippen LogP contribution is 2.25. The van der Waals surface area contributed by atoms with Crippen LogP contribution in [0, 0.1) is 0 Å². The molecule has 2 atom stereocenters. The zero-order valence-corrected chi connectivity index (χ0v) is 14.2. The Balaban J connectivity index is 0.00000220. The maximum absolute atomic E-state index is 9.90. The first-order valence-corrected chi connectivity index (χ1v) is 6.92. The van der Waals surface area contributed by atoms with Crippen molar-refractivity contribution in [2.75, 3.05) is 19.7 Å². The van der Waals surface area contributed by atoms with Crippen molar-refractivity contribution in [2.45, 2.75) is 19.1 Å². The molecule has 0 spiro atoms. The van der Waals surface area contributed by atoms with Gasteiger partial charge < -0.3 is 20.9 Å². The van der Waals surface area contributed by atoms with E-state index < -0.39 is 6.10 Å². The molecule has 0 unspecified atom stereocenters. The van der Waals surface area contributed by atoms with Crippen LogP contribution in [0.25, 0.3) is 10.8 Å². The third kappa shape index (κ3) is 5.99. The van der Waals surface area contributed by atoms with E-state index in [0.29, 0.717) is 13.1 Å². The van der Waals surface area contributed by atoms with Gasteiger partial charge in [0.05, 0.1) is 0 Å². The fourth-order valence-corrected chi connectivity index (χ4v) is 1.99. The van der Waals surface area contributed by atoms with Crippen LogP contribution in [0.2, 0.25) is 0 Å². The monoisotopic (exact) mass is 346 g/mol. The summed E-state index contributed by atoms with van der Waals surface area (Å²) in [7, 11) is 0. The van der Waals surface area contributed by atoms with Crippen molar-refractivity contribution in [2.24, 2.45) is 5.73 Å². The van der Waals surface area contributed by atoms with Gasteiger partial charge >= 0.3 is 0 Å². The van der Waals surface area contributed by atoms with E-state index in [4.69, 9.17) is 10.5 Å². The lowest BCUT2D eigenvalue weighted by atomic mass is 10.1. The zero-order valence-electron chi connectivity index (χ0n) is 12.6. The molecule has 0 aromatic heterocycles. The number of nitrogens with two attached hydrogens (primary N) is 1. The molecular formula is C16H24Cl2N2O2. The molecule has 2 aromatic rings. The van der Waals surface area contributed by atoms with Crippen LogP contribution >= 0.6 is 24.8 Å². The van der Waals surface area contributed by atoms with E-state index in [2.05, 4.69) is 5.32 Å². The third-order valence-electron chi connectivity index (χ3n) is 3.24. The molecule has 0 aliphatic heterocycles. The van der Waals surface area contributed by atoms with E-state index in [0.717, 1.165) is 16.5 Å². The Kier molecular flexibility index (Phi) is 10.1. The molecule has 22 heavy (non-hydrogen) atoms. The highest BCUT2D eigenvalue weighted by molar-refractivity contribution is 5.88. The standard InChI is InChI=1S/C16H22N2O2.2ClH/c1-12(9-17)18-10-14(19)11-20-16-8-4-6-13-5-2-3-7-15(13)16;;/h2-8,12,14,18-19H,9-11,17H2,1H3;2*1H/t12-,14-;;/m1../s1. The average Bonchev–Trinajstić information content (AvgIpc) is 2.50. The Morgan fingerprint density at radius 3 is 2.55 bits per heavy atom. The quantitative estimate of drug-likeness (QED) is 0.719. The Morgan fingerprint density at radius 1 is 1.14 bits per heavy atom. The number of nitrogens with one attached hydrogen (secondary N) is 1. The Morgan fingerprint density at radius 2 is 1.82 bits per heavy atom. The van der Waals surface area contributed by atoms with Crippen molar-refractivity contribution >= 4 is 35.6 Å². The molecular weight excluding hydrogens is 323 g/mol. The van der Waals surface area contributed by atoms with E-state index in [1.54, 1.807) is 0 Å². The van der Waals surface area contributed by atoms with E-state index in [9.17, 15) is 5.11 Å². The Labute approximate surface area is 143 Å². The van der Waals surface area contributed by atoms with Gasteiger partial charge in [0.2, 0.25) is 0 Å². The molecule has 0 heterocycles. The molecule has 2 aromatic carbocycles. The molecule has 0 radical (unpaired) electrons. The van der Waals surface area contributed by atoms with Gasteiger partial charge in [-0.05, 0) is 18.4 Å². The summed E-state index contributed by atoms with van der Waals surface area (Å²) in [5.41, 5.74) is 5.51. The van der Waals surface area contributed by atoms with Crippen LogP contribution in [0.3, 0.4) is 0 Å². The number of fused-ring (bicyclic) bond motifs is 1. The van der Waals surface area contributed by atoms with E-state index >= 15 is 0 Å². The lowest BCUT2D eigenvalue weighted by Crippen LogP contribution is -2.40. The van der Waals surface area contributed by atoms with Crippen LogP contribution in [-0.2, 0) is 0 Å². The topological polar surface area (TPSA) is 67.5 Å². The van der Waals surface area contributed by atoms with Gasteiger partial charge in [-0.1, -0.05) is 36.4 Å². The van der Waals surface area contributed by atoms with Crippen molar-refractivity contribution in [1.82, 2.24) is 5.32 Å². The molecule has 6 heteroatoms. The van der Waals surface area contributed by atoms with Gasteiger partial charge in [0.1, 0.15) is 18.5 Å². The number of hydrogen-bond donors (Lipinski definition) is 3. The smallest absolute Gasteiger partial charge is 0.127 e. The molecule has 0 bridgehead atoms. The zero-order chi connectivity index (χ0) is 14.4. The minimum absolute atomic E-state index is 0. The van der Waals surface area contributed by atoms with Gasteiger partial charge in [0, 0.05) is 24.5 Å². The Hall–Kier alpha value is -1.04. The van der Waals surface area contributed by atoms with E-state index in [1.807, 2.05) is 49.4 Å². The molecule has 124 valence electrons. The summed E-state index contributed by atoms with van der Waals surface area (Å²) in [6.07, 6.45) is -0.553. The first kappa shape index (κ1) is 21.0. The number of hydrogen-bond acceptors (Lipinski definition) is 4. The lowest BCUT2D eigenvalue weighted by Gasteiger charge is -2.17. The van der Waals surface area contributed by atoms with E-state index in [-0.39, 0.29) is 37.5 Å². The van der Waals surface area contributed by atoms with Crippen LogP contribution in [0.15, 0.2) is 42.5 Å². The summed E-state index contributed by atoms with van der Waals surface area (Å²) in [5.74, 6) is 0.800. The van der Waals surface area contributed by atoms with Gasteiger partial charge in [-0.2, -0.15) is 0 Å². The van der Waals surface area contributed by atoms with Crippen molar-refractivity contribution in [3.8, 4) is 5.75 Å². The summed E-state index contributed by atoms with van der Waals surface area (Å²) in [6.45, 7) is 3.27. The van der Waals surface area contributed by atoms with Gasteiger partial charge in [0.25, 0.3) is 0 Å². The molecule has 2 rings (SSSR count). The van der Waals surface area contributed by atoms with Crippen molar-refractivity contribution in [3.63, 3.8) is 0 Å². The highest BCUT2D eigenvalue weighted by atomic mass is 35.5. The first-order valence-electron chi connectivity index (χ1n) is 6.92. The summed E-state index contributed by atoms with van der Waals surface area (Å²) >= 11 is 0. The average molecular weight is 347 g/mol. The molecule has 0 saturated heterocycles. The maximum atomic E-state index is 9.90. The summed E-state index contributed by atoms with van der Waals surface area (Å²) < 4.78 is 5.73. The predicted octanol–water partition coefficient (Wildman–Crippen LogP) is 2.36.